The molecule has 0 radical (unpaired) electrons. The highest BCUT2D eigenvalue weighted by atomic mass is 16.5. The number of amides is 5. The molecule has 3 aliphatic rings. The van der Waals surface area contributed by atoms with Crippen LogP contribution in [0.5, 0.6) is 0 Å². The van der Waals surface area contributed by atoms with Gasteiger partial charge in [0.2, 0.25) is 17.7 Å². The third-order valence-electron chi connectivity index (χ3n) is 12.5. The molecule has 4 atom stereocenters. The molecule has 5 amide bonds. The Labute approximate surface area is 357 Å². The molecule has 0 bridgehead atoms. The number of piperazine rings is 1. The Morgan fingerprint density at radius 2 is 1.67 bits per heavy atom. The summed E-state index contributed by atoms with van der Waals surface area (Å²) in [5.41, 5.74) is 5.16. The molecule has 15 nitrogen and oxygen atoms in total. The second kappa shape index (κ2) is 17.8. The van der Waals surface area contributed by atoms with Crippen LogP contribution in [0.3, 0.4) is 0 Å². The molecular formula is C46H57N9O6. The lowest BCUT2D eigenvalue weighted by atomic mass is 9.95. The number of alkyl carbamates (subject to hydrolysis) is 1. The number of benzene rings is 2. The number of pyridine rings is 1. The minimum absolute atomic E-state index is 0.00516. The normalized spacial score (nSPS) is 20.8. The van der Waals surface area contributed by atoms with Crippen LogP contribution in [0.1, 0.15) is 88.1 Å². The quantitative estimate of drug-likeness (QED) is 0.169. The second-order valence-electron chi connectivity index (χ2n) is 17.0. The SMILES string of the molecule is COC(=O)N[C@H](C(=O)N1CCCC1c1ncc(-c2ccc(-c3ccc(NC(=O)c4ccc(N5CCN(C(=O)C6(C)CCCN6C(C)=O)CC5C)nc4)cc3C)cc2)[nH]1)C(C)C. The summed E-state index contributed by atoms with van der Waals surface area (Å²) in [6.45, 7) is 14.1. The number of aromatic nitrogens is 3. The second-order valence-corrected chi connectivity index (χ2v) is 17.0. The fourth-order valence-corrected chi connectivity index (χ4v) is 9.15. The van der Waals surface area contributed by atoms with Crippen molar-refractivity contribution in [2.75, 3.05) is 50.1 Å². The topological polar surface area (TPSA) is 173 Å². The van der Waals surface area contributed by atoms with Crippen LogP contribution < -0.4 is 15.5 Å². The molecule has 61 heavy (non-hydrogen) atoms. The molecule has 322 valence electrons. The smallest absolute Gasteiger partial charge is 0.407 e. The summed E-state index contributed by atoms with van der Waals surface area (Å²) < 4.78 is 4.76. The van der Waals surface area contributed by atoms with Crippen molar-refractivity contribution in [2.45, 2.75) is 90.9 Å². The van der Waals surface area contributed by atoms with E-state index in [0.29, 0.717) is 56.2 Å². The number of ether oxygens (including phenoxy) is 1. The molecule has 2 aromatic carbocycles. The Morgan fingerprint density at radius 1 is 0.918 bits per heavy atom. The molecule has 3 saturated heterocycles. The molecule has 3 N–H and O–H groups in total. The van der Waals surface area contributed by atoms with Crippen LogP contribution in [0.15, 0.2) is 67.0 Å². The zero-order chi connectivity index (χ0) is 43.6. The molecule has 3 fully saturated rings. The summed E-state index contributed by atoms with van der Waals surface area (Å²) in [7, 11) is 1.29. The molecule has 4 aromatic rings. The van der Waals surface area contributed by atoms with E-state index in [1.54, 1.807) is 28.3 Å². The van der Waals surface area contributed by atoms with Crippen molar-refractivity contribution in [1.82, 2.24) is 35.0 Å². The number of anilines is 2. The summed E-state index contributed by atoms with van der Waals surface area (Å²) in [6.07, 6.45) is 5.85. The van der Waals surface area contributed by atoms with Crippen molar-refractivity contribution in [3.63, 3.8) is 0 Å². The Bertz CT molecular complexity index is 2280. The molecular weight excluding hydrogens is 775 g/mol. The van der Waals surface area contributed by atoms with Gasteiger partial charge in [-0.3, -0.25) is 19.2 Å². The Hall–Kier alpha value is -6.25. The minimum atomic E-state index is -0.796. The van der Waals surface area contributed by atoms with Gasteiger partial charge in [0.15, 0.2) is 0 Å². The molecule has 2 aromatic heterocycles. The summed E-state index contributed by atoms with van der Waals surface area (Å²) in [4.78, 5) is 85.0. The number of likely N-dealkylation sites (tertiary alicyclic amines) is 2. The fourth-order valence-electron chi connectivity index (χ4n) is 9.15. The summed E-state index contributed by atoms with van der Waals surface area (Å²) in [6, 6.07) is 16.7. The minimum Gasteiger partial charge on any atom is -0.453 e. The van der Waals surface area contributed by atoms with Gasteiger partial charge >= 0.3 is 6.09 Å². The van der Waals surface area contributed by atoms with Crippen molar-refractivity contribution >= 4 is 41.2 Å². The predicted octanol–water partition coefficient (Wildman–Crippen LogP) is 6.18. The first kappa shape index (κ1) is 42.9. The van der Waals surface area contributed by atoms with E-state index in [2.05, 4.69) is 49.5 Å². The lowest BCUT2D eigenvalue weighted by Gasteiger charge is -2.44. The molecule has 7 rings (SSSR count). The highest BCUT2D eigenvalue weighted by Crippen LogP contribution is 2.35. The zero-order valence-corrected chi connectivity index (χ0v) is 36.2. The monoisotopic (exact) mass is 831 g/mol. The molecule has 5 heterocycles. The van der Waals surface area contributed by atoms with Crippen LogP contribution in [0.4, 0.5) is 16.3 Å². The van der Waals surface area contributed by atoms with E-state index in [4.69, 9.17) is 4.74 Å². The number of imidazole rings is 1. The standard InChI is InChI=1S/C46H57N9O6/c1-28(2)40(51-45(60)61-7)43(58)54-20-8-10-38(54)41-48-26-37(50-41)33-13-11-32(12-14-33)36-17-16-35(24-29(36)3)49-42(57)34-15-18-39(47-25-34)53-23-22-52(27-30(53)4)44(59)46(6)19-9-21-55(46)31(5)56/h11-18,24-26,28,30,38,40H,8-10,19-23,27H2,1-7H3,(H,48,50)(H,49,57)(H,51,60)/t30?,38?,40-,46?/m0/s1. The highest BCUT2D eigenvalue weighted by Gasteiger charge is 2.47. The first-order chi connectivity index (χ1) is 29.2. The molecule has 3 unspecified atom stereocenters. The third-order valence-corrected chi connectivity index (χ3v) is 12.5. The van der Waals surface area contributed by atoms with Crippen LogP contribution in [-0.4, -0.2) is 117 Å². The van der Waals surface area contributed by atoms with Gasteiger partial charge in [-0.1, -0.05) is 44.2 Å². The first-order valence-electron chi connectivity index (χ1n) is 21.2. The molecule has 3 aliphatic heterocycles. The number of aryl methyl sites for hydroxylation is 1. The number of hydrogen-bond donors (Lipinski definition) is 3. The number of rotatable bonds is 10. The van der Waals surface area contributed by atoms with Gasteiger partial charge in [-0.25, -0.2) is 14.8 Å². The zero-order valence-electron chi connectivity index (χ0n) is 36.2. The van der Waals surface area contributed by atoms with Crippen LogP contribution in [0, 0.1) is 12.8 Å². The summed E-state index contributed by atoms with van der Waals surface area (Å²) in [5.74, 6) is 0.865. The van der Waals surface area contributed by atoms with Gasteiger partial charge in [0.1, 0.15) is 23.2 Å². The van der Waals surface area contributed by atoms with Crippen LogP contribution >= 0.6 is 0 Å². The number of aromatic amines is 1. The summed E-state index contributed by atoms with van der Waals surface area (Å²) >= 11 is 0. The maximum atomic E-state index is 13.6. The largest absolute Gasteiger partial charge is 0.453 e. The number of nitrogens with one attached hydrogen (secondary N) is 3. The molecule has 0 spiro atoms. The van der Waals surface area contributed by atoms with Gasteiger partial charge < -0.3 is 40.0 Å². The van der Waals surface area contributed by atoms with Crippen molar-refractivity contribution in [3.8, 4) is 22.4 Å². The maximum Gasteiger partial charge on any atom is 0.407 e. The Kier molecular flexibility index (Phi) is 12.5. The average molecular weight is 832 g/mol. The van der Waals surface area contributed by atoms with Crippen molar-refractivity contribution < 1.29 is 28.7 Å². The number of methoxy groups -OCH3 is 1. The lowest BCUT2D eigenvalue weighted by molar-refractivity contribution is -0.150. The highest BCUT2D eigenvalue weighted by molar-refractivity contribution is 6.04. The van der Waals surface area contributed by atoms with Crippen LogP contribution in [-0.2, 0) is 19.1 Å². The van der Waals surface area contributed by atoms with E-state index >= 15 is 0 Å². The van der Waals surface area contributed by atoms with E-state index < -0.39 is 17.7 Å². The Morgan fingerprint density at radius 3 is 2.33 bits per heavy atom. The van der Waals surface area contributed by atoms with E-state index in [0.717, 1.165) is 53.0 Å². The Balaban J connectivity index is 0.945. The summed E-state index contributed by atoms with van der Waals surface area (Å²) in [5, 5.41) is 5.70. The first-order valence-corrected chi connectivity index (χ1v) is 21.2. The number of nitrogens with zero attached hydrogens (tertiary/aromatic N) is 6. The number of H-pyrrole nitrogens is 1. The van der Waals surface area contributed by atoms with Gasteiger partial charge in [-0.2, -0.15) is 0 Å². The van der Waals surface area contributed by atoms with Gasteiger partial charge in [-0.15, -0.1) is 0 Å². The van der Waals surface area contributed by atoms with Crippen molar-refractivity contribution in [2.24, 2.45) is 5.92 Å². The molecule has 0 saturated carbocycles. The van der Waals surface area contributed by atoms with Crippen molar-refractivity contribution in [1.29, 1.82) is 0 Å². The average Bonchev–Trinajstić information content (AvgIpc) is 4.03. The van der Waals surface area contributed by atoms with Crippen LogP contribution in [0.25, 0.3) is 22.4 Å². The van der Waals surface area contributed by atoms with E-state index in [-0.39, 0.29) is 41.6 Å². The van der Waals surface area contributed by atoms with E-state index in [1.165, 1.54) is 14.0 Å². The number of carbonyl (C=O) groups is 5. The maximum absolute atomic E-state index is 13.6. The fraction of sp³-hybridized carbons (Fsp3) is 0.457. The van der Waals surface area contributed by atoms with Crippen LogP contribution in [0.2, 0.25) is 0 Å². The van der Waals surface area contributed by atoms with E-state index in [1.807, 2.05) is 69.0 Å². The number of carbonyl (C=O) groups excluding carboxylic acids is 5. The van der Waals surface area contributed by atoms with E-state index in [9.17, 15) is 24.0 Å². The third kappa shape index (κ3) is 8.82. The van der Waals surface area contributed by atoms with Gasteiger partial charge in [-0.05, 0) is 98.9 Å². The van der Waals surface area contributed by atoms with Gasteiger partial charge in [0.25, 0.3) is 5.91 Å². The number of hydrogen-bond acceptors (Lipinski definition) is 9. The van der Waals surface area contributed by atoms with Gasteiger partial charge in [0.05, 0.1) is 30.6 Å². The molecule has 0 aliphatic carbocycles. The molecule has 15 heteroatoms. The lowest BCUT2D eigenvalue weighted by Crippen LogP contribution is -2.61. The predicted molar refractivity (Wildman–Crippen MR) is 233 cm³/mol. The van der Waals surface area contributed by atoms with Crippen molar-refractivity contribution in [3.05, 3.63) is 83.9 Å². The van der Waals surface area contributed by atoms with Gasteiger partial charge in [0, 0.05) is 57.6 Å².